The van der Waals surface area contributed by atoms with Gasteiger partial charge in [0.15, 0.2) is 0 Å². The molecule has 0 spiro atoms. The lowest BCUT2D eigenvalue weighted by Gasteiger charge is -2.39. The van der Waals surface area contributed by atoms with Crippen LogP contribution < -0.4 is 10.2 Å². The van der Waals surface area contributed by atoms with E-state index in [-0.39, 0.29) is 6.54 Å². The van der Waals surface area contributed by atoms with Crippen LogP contribution in [0.5, 0.6) is 0 Å². The van der Waals surface area contributed by atoms with Crippen molar-refractivity contribution in [3.63, 3.8) is 0 Å². The maximum absolute atomic E-state index is 13.7. The van der Waals surface area contributed by atoms with E-state index in [4.69, 9.17) is 0 Å². The third-order valence-electron chi connectivity index (χ3n) is 3.35. The molecule has 2 rings (SSSR count). The zero-order chi connectivity index (χ0) is 14.2. The molecule has 102 valence electrons. The van der Waals surface area contributed by atoms with Gasteiger partial charge in [-0.2, -0.15) is 0 Å². The predicted octanol–water partition coefficient (Wildman–Crippen LogP) is 1.60. The third kappa shape index (κ3) is 2.18. The molecular weight excluding hydrogens is 254 g/mol. The van der Waals surface area contributed by atoms with Crippen molar-refractivity contribution in [3.05, 3.63) is 29.8 Å². The summed E-state index contributed by atoms with van der Waals surface area (Å²) in [6, 6.07) is 3.32. The lowest BCUT2D eigenvalue weighted by atomic mass is 9.94. The molecule has 0 radical (unpaired) electrons. The van der Waals surface area contributed by atoms with Crippen LogP contribution in [0.25, 0.3) is 0 Å². The second kappa shape index (κ2) is 4.60. The summed E-state index contributed by atoms with van der Waals surface area (Å²) in [6.45, 7) is 2.88. The maximum Gasteiger partial charge on any atom is 0.253 e. The summed E-state index contributed by atoms with van der Waals surface area (Å²) in [4.78, 5) is 24.8. The Bertz CT molecular complexity index is 527. The molecule has 1 aliphatic heterocycles. The van der Waals surface area contributed by atoms with Crippen molar-refractivity contribution in [1.29, 1.82) is 0 Å². The Morgan fingerprint density at radius 3 is 2.42 bits per heavy atom. The Labute approximate surface area is 109 Å². The van der Waals surface area contributed by atoms with Gasteiger partial charge in [-0.05, 0) is 25.5 Å². The van der Waals surface area contributed by atoms with E-state index in [1.54, 1.807) is 6.92 Å². The number of nitrogens with zero attached hydrogens (tertiary/aromatic N) is 1. The van der Waals surface area contributed by atoms with Gasteiger partial charge in [0.2, 0.25) is 5.91 Å². The highest BCUT2D eigenvalue weighted by Crippen LogP contribution is 2.28. The summed E-state index contributed by atoms with van der Waals surface area (Å²) in [5.74, 6) is -2.67. The van der Waals surface area contributed by atoms with Crippen molar-refractivity contribution in [2.75, 3.05) is 11.4 Å². The van der Waals surface area contributed by atoms with Crippen molar-refractivity contribution in [2.45, 2.75) is 25.8 Å². The monoisotopic (exact) mass is 268 g/mol. The highest BCUT2D eigenvalue weighted by molar-refractivity contribution is 6.09. The molecule has 0 aliphatic carbocycles. The highest BCUT2D eigenvalue weighted by atomic mass is 19.1. The molecule has 4 nitrogen and oxygen atoms in total. The second-order valence-electron chi connectivity index (χ2n) is 4.70. The lowest BCUT2D eigenvalue weighted by Crippen LogP contribution is -2.65. The Balaban J connectivity index is 2.49. The molecule has 1 aliphatic rings. The molecule has 1 atom stereocenters. The van der Waals surface area contributed by atoms with Gasteiger partial charge in [-0.25, -0.2) is 8.78 Å². The summed E-state index contributed by atoms with van der Waals surface area (Å²) in [5, 5.41) is 2.56. The van der Waals surface area contributed by atoms with Crippen molar-refractivity contribution in [2.24, 2.45) is 0 Å². The number of hydrogen-bond donors (Lipinski definition) is 1. The van der Waals surface area contributed by atoms with Crippen LogP contribution in [0.1, 0.15) is 20.3 Å². The molecule has 1 saturated heterocycles. The number of piperazine rings is 1. The fraction of sp³-hybridized carbons (Fsp3) is 0.385. The zero-order valence-electron chi connectivity index (χ0n) is 10.7. The molecule has 1 aromatic carbocycles. The average molecular weight is 268 g/mol. The lowest BCUT2D eigenvalue weighted by molar-refractivity contribution is -0.135. The molecule has 1 heterocycles. The summed E-state index contributed by atoms with van der Waals surface area (Å²) in [5.41, 5.74) is -1.61. The minimum Gasteiger partial charge on any atom is -0.340 e. The standard InChI is InChI=1S/C13H14F2N2O2/c1-3-13(2)12(19)17(7-10(18)16-13)11-8(14)5-4-6-9(11)15/h4-6H,3,7H2,1-2H3,(H,16,18). The summed E-state index contributed by atoms with van der Waals surface area (Å²) < 4.78 is 27.5. The smallest absolute Gasteiger partial charge is 0.253 e. The third-order valence-corrected chi connectivity index (χ3v) is 3.35. The first kappa shape index (κ1) is 13.5. The first-order chi connectivity index (χ1) is 8.89. The number of carbonyl (C=O) groups excluding carboxylic acids is 2. The average Bonchev–Trinajstić information content (AvgIpc) is 2.35. The zero-order valence-corrected chi connectivity index (χ0v) is 10.7. The van der Waals surface area contributed by atoms with Crippen LogP contribution in [0.15, 0.2) is 18.2 Å². The fourth-order valence-corrected chi connectivity index (χ4v) is 2.08. The molecule has 0 bridgehead atoms. The van der Waals surface area contributed by atoms with Crippen LogP contribution in [0.3, 0.4) is 0 Å². The van der Waals surface area contributed by atoms with E-state index in [1.165, 1.54) is 13.0 Å². The van der Waals surface area contributed by atoms with E-state index in [1.807, 2.05) is 0 Å². The Morgan fingerprint density at radius 1 is 1.32 bits per heavy atom. The van der Waals surface area contributed by atoms with E-state index in [9.17, 15) is 18.4 Å². The first-order valence-corrected chi connectivity index (χ1v) is 5.96. The molecule has 1 fully saturated rings. The predicted molar refractivity (Wildman–Crippen MR) is 65.5 cm³/mol. The Hall–Kier alpha value is -1.98. The Kier molecular flexibility index (Phi) is 3.26. The molecule has 1 unspecified atom stereocenters. The van der Waals surface area contributed by atoms with Crippen molar-refractivity contribution in [1.82, 2.24) is 5.32 Å². The minimum atomic E-state index is -1.13. The largest absolute Gasteiger partial charge is 0.340 e. The summed E-state index contributed by atoms with van der Waals surface area (Å²) in [7, 11) is 0. The van der Waals surface area contributed by atoms with Crippen molar-refractivity contribution < 1.29 is 18.4 Å². The number of para-hydroxylation sites is 1. The molecule has 1 aromatic rings. The number of anilines is 1. The van der Waals surface area contributed by atoms with Gasteiger partial charge >= 0.3 is 0 Å². The molecule has 6 heteroatoms. The number of benzene rings is 1. The van der Waals surface area contributed by atoms with Crippen LogP contribution in [0.2, 0.25) is 0 Å². The van der Waals surface area contributed by atoms with Gasteiger partial charge < -0.3 is 5.32 Å². The van der Waals surface area contributed by atoms with Gasteiger partial charge in [-0.15, -0.1) is 0 Å². The molecule has 1 N–H and O–H groups in total. The fourth-order valence-electron chi connectivity index (χ4n) is 2.08. The normalized spacial score (nSPS) is 23.5. The molecular formula is C13H14F2N2O2. The maximum atomic E-state index is 13.7. The SMILES string of the molecule is CCC1(C)NC(=O)CN(c2c(F)cccc2F)C1=O. The number of amides is 2. The summed E-state index contributed by atoms with van der Waals surface area (Å²) in [6.07, 6.45) is 0.337. The van der Waals surface area contributed by atoms with Crippen LogP contribution in [0.4, 0.5) is 14.5 Å². The van der Waals surface area contributed by atoms with Gasteiger partial charge in [-0.1, -0.05) is 13.0 Å². The summed E-state index contributed by atoms with van der Waals surface area (Å²) >= 11 is 0. The highest BCUT2D eigenvalue weighted by Gasteiger charge is 2.43. The topological polar surface area (TPSA) is 49.4 Å². The van der Waals surface area contributed by atoms with Gasteiger partial charge in [0.05, 0.1) is 0 Å². The van der Waals surface area contributed by atoms with E-state index >= 15 is 0 Å². The number of nitrogens with one attached hydrogen (secondary N) is 1. The van der Waals surface area contributed by atoms with E-state index in [0.29, 0.717) is 6.42 Å². The van der Waals surface area contributed by atoms with Gasteiger partial charge in [0, 0.05) is 0 Å². The van der Waals surface area contributed by atoms with Crippen molar-refractivity contribution in [3.8, 4) is 0 Å². The number of halogens is 2. The first-order valence-electron chi connectivity index (χ1n) is 5.96. The van der Waals surface area contributed by atoms with E-state index in [0.717, 1.165) is 17.0 Å². The van der Waals surface area contributed by atoms with E-state index < -0.39 is 34.7 Å². The van der Waals surface area contributed by atoms with Gasteiger partial charge in [0.25, 0.3) is 5.91 Å². The molecule has 0 aromatic heterocycles. The Morgan fingerprint density at radius 2 is 1.89 bits per heavy atom. The number of rotatable bonds is 2. The van der Waals surface area contributed by atoms with Crippen LogP contribution >= 0.6 is 0 Å². The molecule has 19 heavy (non-hydrogen) atoms. The van der Waals surface area contributed by atoms with Crippen LogP contribution in [0, 0.1) is 11.6 Å². The van der Waals surface area contributed by atoms with Crippen molar-refractivity contribution >= 4 is 17.5 Å². The van der Waals surface area contributed by atoms with E-state index in [2.05, 4.69) is 5.32 Å². The number of carbonyl (C=O) groups is 2. The van der Waals surface area contributed by atoms with Gasteiger partial charge in [-0.3, -0.25) is 14.5 Å². The quantitative estimate of drug-likeness (QED) is 0.885. The van der Waals surface area contributed by atoms with Crippen LogP contribution in [-0.4, -0.2) is 23.9 Å². The second-order valence-corrected chi connectivity index (χ2v) is 4.70. The molecule has 2 amide bonds. The van der Waals surface area contributed by atoms with Crippen LogP contribution in [-0.2, 0) is 9.59 Å². The minimum absolute atomic E-state index is 0.337. The molecule has 0 saturated carbocycles. The van der Waals surface area contributed by atoms with Gasteiger partial charge in [0.1, 0.15) is 29.4 Å². The number of hydrogen-bond acceptors (Lipinski definition) is 2.